The zero-order valence-electron chi connectivity index (χ0n) is 11.2. The van der Waals surface area contributed by atoms with Gasteiger partial charge in [0, 0.05) is 6.42 Å². The van der Waals surface area contributed by atoms with E-state index < -0.39 is 0 Å². The summed E-state index contributed by atoms with van der Waals surface area (Å²) in [6, 6.07) is 4.04. The molecule has 2 heterocycles. The van der Waals surface area contributed by atoms with Crippen LogP contribution >= 0.6 is 0 Å². The quantitative estimate of drug-likeness (QED) is 0.882. The van der Waals surface area contributed by atoms with Crippen LogP contribution in [0.15, 0.2) is 21.1 Å². The Hall–Kier alpha value is -1.62. The Morgan fingerprint density at radius 3 is 2.61 bits per heavy atom. The Bertz CT molecular complexity index is 504. The maximum Gasteiger partial charge on any atom is 0.243 e. The first-order chi connectivity index (χ1) is 8.60. The monoisotopic (exact) mass is 249 g/mol. The van der Waals surface area contributed by atoms with Crippen molar-refractivity contribution in [2.75, 3.05) is 0 Å². The zero-order chi connectivity index (χ0) is 13.1. The number of furan rings is 1. The smallest absolute Gasteiger partial charge is 0.243 e. The van der Waals surface area contributed by atoms with E-state index in [1.54, 1.807) is 0 Å². The van der Waals surface area contributed by atoms with E-state index >= 15 is 0 Å². The van der Waals surface area contributed by atoms with Gasteiger partial charge in [-0.1, -0.05) is 12.1 Å². The predicted molar refractivity (Wildman–Crippen MR) is 67.1 cm³/mol. The van der Waals surface area contributed by atoms with Gasteiger partial charge in [0.15, 0.2) is 5.82 Å². The lowest BCUT2D eigenvalue weighted by molar-refractivity contribution is 0.313. The van der Waals surface area contributed by atoms with Crippen LogP contribution in [-0.2, 0) is 6.42 Å². The summed E-state index contributed by atoms with van der Waals surface area (Å²) in [5.41, 5.74) is 0. The van der Waals surface area contributed by atoms with Crippen molar-refractivity contribution in [3.05, 3.63) is 35.4 Å². The van der Waals surface area contributed by atoms with Crippen LogP contribution in [-0.4, -0.2) is 10.1 Å². The molecular weight excluding hydrogens is 230 g/mol. The number of aromatic nitrogens is 2. The van der Waals surface area contributed by atoms with Crippen molar-refractivity contribution in [3.8, 4) is 0 Å². The standard InChI is InChI=1S/C13H19N3O2/c1-5-12-15-13(18-16-12)10(4)14-9(3)11-7-6-8(2)17-11/h6-7,9-10,14H,5H2,1-4H3/t9-,10+/m1/s1. The van der Waals surface area contributed by atoms with Crippen LogP contribution in [0.3, 0.4) is 0 Å². The van der Waals surface area contributed by atoms with Gasteiger partial charge >= 0.3 is 0 Å². The molecule has 2 aromatic heterocycles. The van der Waals surface area contributed by atoms with Crippen molar-refractivity contribution in [1.29, 1.82) is 0 Å². The second-order valence-corrected chi connectivity index (χ2v) is 4.46. The molecular formula is C13H19N3O2. The van der Waals surface area contributed by atoms with E-state index in [0.29, 0.717) is 5.89 Å². The lowest BCUT2D eigenvalue weighted by atomic mass is 10.2. The number of nitrogens with zero attached hydrogens (tertiary/aromatic N) is 2. The fraction of sp³-hybridized carbons (Fsp3) is 0.538. The Balaban J connectivity index is 2.00. The third-order valence-electron chi connectivity index (χ3n) is 2.86. The van der Waals surface area contributed by atoms with Gasteiger partial charge in [0.05, 0.1) is 12.1 Å². The SMILES string of the molecule is CCc1noc([C@H](C)N[C@H](C)c2ccc(C)o2)n1. The number of aryl methyl sites for hydroxylation is 2. The van der Waals surface area contributed by atoms with Gasteiger partial charge in [0.1, 0.15) is 11.5 Å². The van der Waals surface area contributed by atoms with E-state index in [9.17, 15) is 0 Å². The number of rotatable bonds is 5. The Morgan fingerprint density at radius 2 is 2.06 bits per heavy atom. The van der Waals surface area contributed by atoms with E-state index in [1.807, 2.05) is 39.8 Å². The summed E-state index contributed by atoms with van der Waals surface area (Å²) >= 11 is 0. The van der Waals surface area contributed by atoms with Gasteiger partial charge in [0.25, 0.3) is 0 Å². The summed E-state index contributed by atoms with van der Waals surface area (Å²) < 4.78 is 10.8. The minimum absolute atomic E-state index is 0.00166. The molecule has 0 unspecified atom stereocenters. The van der Waals surface area contributed by atoms with Crippen LogP contribution < -0.4 is 5.32 Å². The molecule has 0 aromatic carbocycles. The summed E-state index contributed by atoms with van der Waals surface area (Å²) in [4.78, 5) is 4.31. The first-order valence-corrected chi connectivity index (χ1v) is 6.25. The van der Waals surface area contributed by atoms with E-state index in [1.165, 1.54) is 0 Å². The molecule has 0 fully saturated rings. The van der Waals surface area contributed by atoms with Crippen molar-refractivity contribution < 1.29 is 8.94 Å². The molecule has 0 aliphatic heterocycles. The Labute approximate surface area is 107 Å². The van der Waals surface area contributed by atoms with Gasteiger partial charge in [-0.2, -0.15) is 4.98 Å². The lowest BCUT2D eigenvalue weighted by Crippen LogP contribution is -2.22. The summed E-state index contributed by atoms with van der Waals surface area (Å²) in [5.74, 6) is 3.18. The van der Waals surface area contributed by atoms with Gasteiger partial charge in [0.2, 0.25) is 5.89 Å². The molecule has 0 bridgehead atoms. The summed E-state index contributed by atoms with van der Waals surface area (Å²) in [7, 11) is 0. The first-order valence-electron chi connectivity index (χ1n) is 6.25. The highest BCUT2D eigenvalue weighted by molar-refractivity contribution is 5.09. The first kappa shape index (κ1) is 12.8. The van der Waals surface area contributed by atoms with Crippen LogP contribution in [0.2, 0.25) is 0 Å². The molecule has 2 rings (SSSR count). The maximum atomic E-state index is 5.58. The average Bonchev–Trinajstić information content (AvgIpc) is 2.97. The van der Waals surface area contributed by atoms with Gasteiger partial charge in [-0.3, -0.25) is 5.32 Å². The summed E-state index contributed by atoms with van der Waals surface area (Å²) in [6.45, 7) is 7.98. The second kappa shape index (κ2) is 5.35. The minimum atomic E-state index is -0.00166. The molecule has 0 radical (unpaired) electrons. The third kappa shape index (κ3) is 2.79. The molecule has 0 saturated carbocycles. The van der Waals surface area contributed by atoms with Gasteiger partial charge in [-0.25, -0.2) is 0 Å². The second-order valence-electron chi connectivity index (χ2n) is 4.46. The highest BCUT2D eigenvalue weighted by Crippen LogP contribution is 2.20. The average molecular weight is 249 g/mol. The largest absolute Gasteiger partial charge is 0.465 e. The number of hydrogen-bond donors (Lipinski definition) is 1. The molecule has 18 heavy (non-hydrogen) atoms. The maximum absolute atomic E-state index is 5.58. The fourth-order valence-electron chi connectivity index (χ4n) is 1.80. The molecule has 5 nitrogen and oxygen atoms in total. The molecule has 98 valence electrons. The van der Waals surface area contributed by atoms with Gasteiger partial charge in [-0.15, -0.1) is 0 Å². The van der Waals surface area contributed by atoms with Crippen molar-refractivity contribution in [2.24, 2.45) is 0 Å². The molecule has 0 aliphatic carbocycles. The molecule has 2 aromatic rings. The Kier molecular flexibility index (Phi) is 3.81. The fourth-order valence-corrected chi connectivity index (χ4v) is 1.80. The summed E-state index contributed by atoms with van der Waals surface area (Å²) in [6.07, 6.45) is 0.781. The normalized spacial score (nSPS) is 14.7. The number of hydrogen-bond acceptors (Lipinski definition) is 5. The van der Waals surface area contributed by atoms with Crippen molar-refractivity contribution in [2.45, 2.75) is 46.2 Å². The molecule has 0 saturated heterocycles. The molecule has 2 atom stereocenters. The van der Waals surface area contributed by atoms with Crippen molar-refractivity contribution in [3.63, 3.8) is 0 Å². The molecule has 1 N–H and O–H groups in total. The number of nitrogens with one attached hydrogen (secondary N) is 1. The van der Waals surface area contributed by atoms with Gasteiger partial charge < -0.3 is 8.94 Å². The van der Waals surface area contributed by atoms with Crippen LogP contribution in [0, 0.1) is 6.92 Å². The van der Waals surface area contributed by atoms with E-state index in [4.69, 9.17) is 8.94 Å². The van der Waals surface area contributed by atoms with Crippen molar-refractivity contribution in [1.82, 2.24) is 15.5 Å². The minimum Gasteiger partial charge on any atom is -0.465 e. The van der Waals surface area contributed by atoms with Crippen LogP contribution in [0.25, 0.3) is 0 Å². The topological polar surface area (TPSA) is 64.1 Å². The molecule has 0 spiro atoms. The van der Waals surface area contributed by atoms with Crippen LogP contribution in [0.1, 0.15) is 56.1 Å². The van der Waals surface area contributed by atoms with Crippen molar-refractivity contribution >= 4 is 0 Å². The van der Waals surface area contributed by atoms with E-state index in [2.05, 4.69) is 15.5 Å². The highest BCUT2D eigenvalue weighted by atomic mass is 16.5. The highest BCUT2D eigenvalue weighted by Gasteiger charge is 2.18. The molecule has 5 heteroatoms. The van der Waals surface area contributed by atoms with Gasteiger partial charge in [-0.05, 0) is 32.9 Å². The predicted octanol–water partition coefficient (Wildman–Crippen LogP) is 2.95. The summed E-state index contributed by atoms with van der Waals surface area (Å²) in [5, 5.41) is 7.26. The molecule has 0 amide bonds. The van der Waals surface area contributed by atoms with E-state index in [-0.39, 0.29) is 12.1 Å². The van der Waals surface area contributed by atoms with E-state index in [0.717, 1.165) is 23.8 Å². The third-order valence-corrected chi connectivity index (χ3v) is 2.86. The Morgan fingerprint density at radius 1 is 1.28 bits per heavy atom. The molecule has 0 aliphatic rings. The van der Waals surface area contributed by atoms with Crippen LogP contribution in [0.4, 0.5) is 0 Å². The lowest BCUT2D eigenvalue weighted by Gasteiger charge is -2.15. The van der Waals surface area contributed by atoms with Crippen LogP contribution in [0.5, 0.6) is 0 Å². The zero-order valence-corrected chi connectivity index (χ0v) is 11.2.